The van der Waals surface area contributed by atoms with Gasteiger partial charge in [-0.3, -0.25) is 9.36 Å². The summed E-state index contributed by atoms with van der Waals surface area (Å²) in [6.07, 6.45) is 6.49. The van der Waals surface area contributed by atoms with E-state index in [0.717, 1.165) is 25.7 Å². The van der Waals surface area contributed by atoms with Crippen LogP contribution in [0.15, 0.2) is 12.7 Å². The maximum atomic E-state index is 12.7. The number of ketones is 1. The van der Waals surface area contributed by atoms with Gasteiger partial charge in [-0.2, -0.15) is 0 Å². The molecule has 1 rings (SSSR count). The van der Waals surface area contributed by atoms with E-state index >= 15 is 0 Å². The first-order valence-electron chi connectivity index (χ1n) is 7.14. The molecule has 0 aromatic carbocycles. The van der Waals surface area contributed by atoms with Gasteiger partial charge in [-0.25, -0.2) is 0 Å². The summed E-state index contributed by atoms with van der Waals surface area (Å²) in [7, 11) is -3.42. The van der Waals surface area contributed by atoms with Gasteiger partial charge < -0.3 is 9.05 Å². The van der Waals surface area contributed by atoms with Gasteiger partial charge in [-0.1, -0.05) is 25.3 Å². The molecule has 0 aromatic rings. The molecule has 0 aromatic heterocycles. The van der Waals surface area contributed by atoms with Crippen LogP contribution in [0.25, 0.3) is 0 Å². The van der Waals surface area contributed by atoms with Crippen molar-refractivity contribution >= 4 is 13.4 Å². The third-order valence-corrected chi connectivity index (χ3v) is 5.86. The van der Waals surface area contributed by atoms with Crippen molar-refractivity contribution in [3.05, 3.63) is 12.7 Å². The number of carbonyl (C=O) groups excluding carboxylic acids is 1. The van der Waals surface area contributed by atoms with Gasteiger partial charge in [0.25, 0.3) is 0 Å². The zero-order valence-electron chi connectivity index (χ0n) is 12.0. The molecule has 1 saturated carbocycles. The molecular weight excluding hydrogens is 263 g/mol. The molecule has 0 radical (unpaired) electrons. The molecule has 19 heavy (non-hydrogen) atoms. The van der Waals surface area contributed by atoms with E-state index in [1.165, 1.54) is 12.5 Å². The molecule has 0 aliphatic heterocycles. The van der Waals surface area contributed by atoms with E-state index in [0.29, 0.717) is 0 Å². The van der Waals surface area contributed by atoms with Crippen LogP contribution < -0.4 is 0 Å². The summed E-state index contributed by atoms with van der Waals surface area (Å²) in [6.45, 7) is 7.68. The summed E-state index contributed by atoms with van der Waals surface area (Å²) in [4.78, 5) is 12.5. The number of hydrogen-bond acceptors (Lipinski definition) is 4. The minimum absolute atomic E-state index is 0.0222. The van der Waals surface area contributed by atoms with Crippen molar-refractivity contribution in [2.45, 2.75) is 51.6 Å². The van der Waals surface area contributed by atoms with Crippen LogP contribution in [0.3, 0.4) is 0 Å². The highest BCUT2D eigenvalue weighted by Gasteiger charge is 2.41. The van der Waals surface area contributed by atoms with Crippen LogP contribution in [-0.2, 0) is 18.4 Å². The van der Waals surface area contributed by atoms with Gasteiger partial charge in [0.2, 0.25) is 0 Å². The third-order valence-electron chi connectivity index (χ3n) is 3.48. The predicted molar refractivity (Wildman–Crippen MR) is 76.4 cm³/mol. The zero-order chi connectivity index (χ0) is 14.3. The highest BCUT2D eigenvalue weighted by molar-refractivity contribution is 7.56. The molecule has 110 valence electrons. The fraction of sp³-hybridized carbons (Fsp3) is 0.786. The fourth-order valence-corrected chi connectivity index (χ4v) is 4.48. The van der Waals surface area contributed by atoms with Crippen molar-refractivity contribution < 1.29 is 18.4 Å². The highest BCUT2D eigenvalue weighted by Crippen LogP contribution is 2.54. The first-order chi connectivity index (χ1) is 9.09. The lowest BCUT2D eigenvalue weighted by Gasteiger charge is -2.28. The van der Waals surface area contributed by atoms with Crippen molar-refractivity contribution in [2.24, 2.45) is 5.92 Å². The standard InChI is InChI=1S/C14H25O4P/c1-4-13(19(16,17-5-2)18-6-3)14(15)12-10-8-7-9-11-12/h4,12-13H,1,5-11H2,2-3H3. The maximum Gasteiger partial charge on any atom is 0.344 e. The summed E-state index contributed by atoms with van der Waals surface area (Å²) in [5, 5.41) is 0. The molecule has 5 heteroatoms. The Balaban J connectivity index is 2.86. The molecule has 0 saturated heterocycles. The molecule has 1 fully saturated rings. The fourth-order valence-electron chi connectivity index (χ4n) is 2.59. The normalized spacial score (nSPS) is 19.1. The molecule has 1 aliphatic rings. The Labute approximate surface area is 116 Å². The average molecular weight is 288 g/mol. The lowest BCUT2D eigenvalue weighted by molar-refractivity contribution is -0.122. The third kappa shape index (κ3) is 4.27. The van der Waals surface area contributed by atoms with Gasteiger partial charge in [0.05, 0.1) is 13.2 Å². The van der Waals surface area contributed by atoms with Crippen LogP contribution >= 0.6 is 7.60 Å². The SMILES string of the molecule is C=CC(C(=O)C1CCCCC1)P(=O)(OCC)OCC. The van der Waals surface area contributed by atoms with Gasteiger partial charge in [0.15, 0.2) is 5.78 Å². The van der Waals surface area contributed by atoms with Crippen molar-refractivity contribution in [2.75, 3.05) is 13.2 Å². The minimum Gasteiger partial charge on any atom is -0.308 e. The van der Waals surface area contributed by atoms with Gasteiger partial charge >= 0.3 is 7.60 Å². The van der Waals surface area contributed by atoms with Crippen molar-refractivity contribution in [1.29, 1.82) is 0 Å². The van der Waals surface area contributed by atoms with E-state index in [1.54, 1.807) is 13.8 Å². The van der Waals surface area contributed by atoms with E-state index < -0.39 is 13.3 Å². The van der Waals surface area contributed by atoms with Crippen LogP contribution in [0.2, 0.25) is 0 Å². The number of hydrogen-bond donors (Lipinski definition) is 0. The first kappa shape index (κ1) is 16.6. The molecular formula is C14H25O4P. The Morgan fingerprint density at radius 3 is 2.21 bits per heavy atom. The molecule has 1 aliphatic carbocycles. The monoisotopic (exact) mass is 288 g/mol. The Morgan fingerprint density at radius 2 is 1.79 bits per heavy atom. The number of carbonyl (C=O) groups is 1. The van der Waals surface area contributed by atoms with E-state index in [4.69, 9.17) is 9.05 Å². The lowest BCUT2D eigenvalue weighted by Crippen LogP contribution is -2.29. The van der Waals surface area contributed by atoms with Gasteiger partial charge in [0, 0.05) is 5.92 Å². The highest BCUT2D eigenvalue weighted by atomic mass is 31.2. The Morgan fingerprint density at radius 1 is 1.26 bits per heavy atom. The minimum atomic E-state index is -3.42. The average Bonchev–Trinajstić information content (AvgIpc) is 2.40. The second-order valence-electron chi connectivity index (χ2n) is 4.79. The van der Waals surface area contributed by atoms with E-state index in [2.05, 4.69) is 6.58 Å². The Hall–Kier alpha value is -0.440. The quantitative estimate of drug-likeness (QED) is 0.501. The van der Waals surface area contributed by atoms with Gasteiger partial charge in [0.1, 0.15) is 5.66 Å². The van der Waals surface area contributed by atoms with Crippen LogP contribution in [0.5, 0.6) is 0 Å². The van der Waals surface area contributed by atoms with Crippen LogP contribution in [-0.4, -0.2) is 24.7 Å². The summed E-state index contributed by atoms with van der Waals surface area (Å²) < 4.78 is 23.2. The Kier molecular flexibility index (Phi) is 6.98. The van der Waals surface area contributed by atoms with Gasteiger partial charge in [-0.15, -0.1) is 6.58 Å². The lowest BCUT2D eigenvalue weighted by atomic mass is 9.85. The van der Waals surface area contributed by atoms with Crippen LogP contribution in [0.4, 0.5) is 0 Å². The summed E-state index contributed by atoms with van der Waals surface area (Å²) in [5.41, 5.74) is -0.824. The number of allylic oxidation sites excluding steroid dienone is 1. The van der Waals surface area contributed by atoms with E-state index in [-0.39, 0.29) is 24.9 Å². The number of Topliss-reactive ketones (excluding diaryl/α,β-unsaturated/α-hetero) is 1. The predicted octanol–water partition coefficient (Wildman–Crippen LogP) is 3.96. The Bertz CT molecular complexity index is 337. The van der Waals surface area contributed by atoms with Crippen molar-refractivity contribution in [1.82, 2.24) is 0 Å². The largest absolute Gasteiger partial charge is 0.344 e. The summed E-state index contributed by atoms with van der Waals surface area (Å²) in [6, 6.07) is 0. The molecule has 0 spiro atoms. The molecule has 1 atom stereocenters. The van der Waals surface area contributed by atoms with Crippen molar-refractivity contribution in [3.63, 3.8) is 0 Å². The van der Waals surface area contributed by atoms with E-state index in [9.17, 15) is 9.36 Å². The number of rotatable bonds is 8. The zero-order valence-corrected chi connectivity index (χ0v) is 12.9. The molecule has 4 nitrogen and oxygen atoms in total. The molecule has 0 N–H and O–H groups in total. The first-order valence-corrected chi connectivity index (χ1v) is 8.75. The van der Waals surface area contributed by atoms with Gasteiger partial charge in [-0.05, 0) is 26.7 Å². The van der Waals surface area contributed by atoms with Crippen LogP contribution in [0.1, 0.15) is 46.0 Å². The molecule has 0 amide bonds. The topological polar surface area (TPSA) is 52.6 Å². The second kappa shape index (κ2) is 7.98. The van der Waals surface area contributed by atoms with Crippen LogP contribution in [0, 0.1) is 5.92 Å². The molecule has 1 unspecified atom stereocenters. The second-order valence-corrected chi connectivity index (χ2v) is 6.95. The maximum absolute atomic E-state index is 12.7. The van der Waals surface area contributed by atoms with E-state index in [1.807, 2.05) is 0 Å². The molecule has 0 heterocycles. The summed E-state index contributed by atoms with van der Waals surface area (Å²) in [5.74, 6) is -0.0501. The van der Waals surface area contributed by atoms with Crippen molar-refractivity contribution in [3.8, 4) is 0 Å². The summed E-state index contributed by atoms with van der Waals surface area (Å²) >= 11 is 0. The smallest absolute Gasteiger partial charge is 0.308 e. The molecule has 0 bridgehead atoms.